The fourth-order valence-corrected chi connectivity index (χ4v) is 1.10. The van der Waals surface area contributed by atoms with Crippen LogP contribution in [0, 0.1) is 0 Å². The van der Waals surface area contributed by atoms with Crippen molar-refractivity contribution in [2.75, 3.05) is 0 Å². The van der Waals surface area contributed by atoms with Gasteiger partial charge in [0, 0.05) is 11.2 Å². The van der Waals surface area contributed by atoms with Gasteiger partial charge in [-0.25, -0.2) is 4.57 Å². The Labute approximate surface area is 80.9 Å². The van der Waals surface area contributed by atoms with E-state index in [-0.39, 0.29) is 0 Å². The van der Waals surface area contributed by atoms with Crippen LogP contribution in [0.3, 0.4) is 0 Å². The summed E-state index contributed by atoms with van der Waals surface area (Å²) in [4.78, 5) is 8.54. The smallest absolute Gasteiger partial charge is 0.421 e. The molecule has 0 amide bonds. The second kappa shape index (κ2) is 4.47. The fraction of sp³-hybridized carbons (Fsp3) is 0. The van der Waals surface area contributed by atoms with E-state index in [1.807, 2.05) is 30.3 Å². The van der Waals surface area contributed by atoms with Gasteiger partial charge in [-0.3, -0.25) is 0 Å². The van der Waals surface area contributed by atoms with Crippen LogP contribution in [0.5, 0.6) is 0 Å². The summed E-state index contributed by atoms with van der Waals surface area (Å²) in [6.07, 6.45) is 2.65. The van der Waals surface area contributed by atoms with Crippen LogP contribution in [0.1, 0.15) is 5.56 Å². The average Bonchev–Trinajstić information content (AvgIpc) is 2.04. The molecule has 5 heteroatoms. The highest BCUT2D eigenvalue weighted by Gasteiger charge is 2.11. The molecule has 1 rings (SSSR count). The van der Waals surface area contributed by atoms with E-state index in [4.69, 9.17) is 16.1 Å². The molecular formula is C8H8ClO3P. The maximum absolute atomic E-state index is 10.5. The molecule has 1 aromatic rings. The molecule has 0 fully saturated rings. The van der Waals surface area contributed by atoms with E-state index < -0.39 is 6.95 Å². The van der Waals surface area contributed by atoms with Crippen LogP contribution < -0.4 is 0 Å². The molecule has 0 aliphatic heterocycles. The number of hydrogen-bond acceptors (Lipinski definition) is 2. The average molecular weight is 219 g/mol. The van der Waals surface area contributed by atoms with E-state index in [1.165, 1.54) is 0 Å². The maximum Gasteiger partial charge on any atom is 0.473 e. The van der Waals surface area contributed by atoms with Crippen LogP contribution in [0.2, 0.25) is 0 Å². The Bertz CT molecular complexity index is 331. The number of benzene rings is 1. The normalized spacial score (nSPS) is 15.5. The Balaban J connectivity index is 2.56. The van der Waals surface area contributed by atoms with Crippen LogP contribution in [0.25, 0.3) is 6.08 Å². The molecule has 0 heterocycles. The Kier molecular flexibility index (Phi) is 3.55. The first kappa shape index (κ1) is 10.3. The molecule has 70 valence electrons. The van der Waals surface area contributed by atoms with Crippen molar-refractivity contribution in [1.82, 2.24) is 0 Å². The minimum atomic E-state index is -3.92. The lowest BCUT2D eigenvalue weighted by atomic mass is 10.2. The Hall–Kier alpha value is -0.760. The number of rotatable bonds is 3. The number of halogens is 1. The summed E-state index contributed by atoms with van der Waals surface area (Å²) in [5, 5.41) is 0. The van der Waals surface area contributed by atoms with Crippen molar-refractivity contribution < 1.29 is 14.0 Å². The molecule has 0 saturated carbocycles. The van der Waals surface area contributed by atoms with Crippen LogP contribution in [0.15, 0.2) is 36.6 Å². The molecule has 1 N–H and O–H groups in total. The SMILES string of the molecule is O=P(O)(Cl)OC=Cc1ccccc1. The topological polar surface area (TPSA) is 46.5 Å². The molecule has 0 saturated heterocycles. The summed E-state index contributed by atoms with van der Waals surface area (Å²) < 4.78 is 14.8. The lowest BCUT2D eigenvalue weighted by Crippen LogP contribution is -1.72. The van der Waals surface area contributed by atoms with E-state index in [2.05, 4.69) is 4.52 Å². The zero-order valence-corrected chi connectivity index (χ0v) is 8.28. The third-order valence-corrected chi connectivity index (χ3v) is 1.87. The molecule has 1 atom stereocenters. The van der Waals surface area contributed by atoms with Crippen molar-refractivity contribution >= 4 is 24.3 Å². The molecule has 13 heavy (non-hydrogen) atoms. The zero-order chi connectivity index (χ0) is 9.73. The standard InChI is InChI=1S/C8H8ClO3P/c9-13(10,11)12-7-6-8-4-2-1-3-5-8/h1-7H,(H,10,11). The van der Waals surface area contributed by atoms with Gasteiger partial charge in [-0.15, -0.1) is 0 Å². The molecule has 1 aromatic carbocycles. The summed E-state index contributed by atoms with van der Waals surface area (Å²) >= 11 is 4.94. The quantitative estimate of drug-likeness (QED) is 0.627. The first-order valence-corrected chi connectivity index (χ1v) is 5.99. The van der Waals surface area contributed by atoms with Gasteiger partial charge in [0.1, 0.15) is 0 Å². The van der Waals surface area contributed by atoms with Gasteiger partial charge in [-0.05, 0) is 11.6 Å². The zero-order valence-electron chi connectivity index (χ0n) is 6.63. The Morgan fingerprint density at radius 1 is 1.38 bits per heavy atom. The molecule has 1 unspecified atom stereocenters. The van der Waals surface area contributed by atoms with Crippen LogP contribution in [-0.2, 0) is 9.09 Å². The predicted octanol–water partition coefficient (Wildman–Crippen LogP) is 3.01. The number of hydrogen-bond donors (Lipinski definition) is 1. The van der Waals surface area contributed by atoms with Gasteiger partial charge in [-0.1, -0.05) is 30.3 Å². The molecular weight excluding hydrogens is 211 g/mol. The van der Waals surface area contributed by atoms with Crippen LogP contribution in [-0.4, -0.2) is 4.89 Å². The largest absolute Gasteiger partial charge is 0.473 e. The first-order chi connectivity index (χ1) is 6.08. The maximum atomic E-state index is 10.5. The summed E-state index contributed by atoms with van der Waals surface area (Å²) in [6.45, 7) is -3.92. The van der Waals surface area contributed by atoms with Crippen molar-refractivity contribution in [3.8, 4) is 0 Å². The summed E-state index contributed by atoms with van der Waals surface area (Å²) in [5.74, 6) is 0. The second-order valence-corrected chi connectivity index (χ2v) is 4.67. The Morgan fingerprint density at radius 2 is 2.00 bits per heavy atom. The van der Waals surface area contributed by atoms with Gasteiger partial charge in [0.2, 0.25) is 0 Å². The van der Waals surface area contributed by atoms with Gasteiger partial charge < -0.3 is 9.42 Å². The highest BCUT2D eigenvalue weighted by atomic mass is 35.7. The fourth-order valence-electron chi connectivity index (χ4n) is 0.748. The van der Waals surface area contributed by atoms with Crippen molar-refractivity contribution in [1.29, 1.82) is 0 Å². The first-order valence-electron chi connectivity index (χ1n) is 3.50. The summed E-state index contributed by atoms with van der Waals surface area (Å²) in [7, 11) is 0. The van der Waals surface area contributed by atoms with Crippen LogP contribution in [0.4, 0.5) is 0 Å². The highest BCUT2D eigenvalue weighted by molar-refractivity contribution is 7.80. The molecule has 0 bridgehead atoms. The molecule has 3 nitrogen and oxygen atoms in total. The van der Waals surface area contributed by atoms with Gasteiger partial charge in [0.05, 0.1) is 6.26 Å². The molecule has 0 radical (unpaired) electrons. The Morgan fingerprint density at radius 3 is 2.54 bits per heavy atom. The predicted molar refractivity (Wildman–Crippen MR) is 52.2 cm³/mol. The summed E-state index contributed by atoms with van der Waals surface area (Å²) in [6, 6.07) is 9.22. The molecule has 0 aromatic heterocycles. The van der Waals surface area contributed by atoms with E-state index in [9.17, 15) is 4.57 Å². The van der Waals surface area contributed by atoms with Gasteiger partial charge in [0.15, 0.2) is 0 Å². The van der Waals surface area contributed by atoms with Crippen LogP contribution >= 0.6 is 18.2 Å². The third-order valence-electron chi connectivity index (χ3n) is 1.25. The van der Waals surface area contributed by atoms with Crippen molar-refractivity contribution in [3.63, 3.8) is 0 Å². The van der Waals surface area contributed by atoms with Gasteiger partial charge in [-0.2, -0.15) is 0 Å². The monoisotopic (exact) mass is 218 g/mol. The minimum Gasteiger partial charge on any atom is -0.421 e. The second-order valence-electron chi connectivity index (χ2n) is 2.27. The van der Waals surface area contributed by atoms with E-state index in [0.717, 1.165) is 11.8 Å². The van der Waals surface area contributed by atoms with Crippen molar-refractivity contribution in [2.45, 2.75) is 0 Å². The van der Waals surface area contributed by atoms with Gasteiger partial charge in [0.25, 0.3) is 0 Å². The molecule has 0 aliphatic carbocycles. The van der Waals surface area contributed by atoms with E-state index in [0.29, 0.717) is 0 Å². The van der Waals surface area contributed by atoms with E-state index >= 15 is 0 Å². The lowest BCUT2D eigenvalue weighted by molar-refractivity contribution is 0.370. The molecule has 0 aliphatic rings. The van der Waals surface area contributed by atoms with Crippen molar-refractivity contribution in [2.24, 2.45) is 0 Å². The van der Waals surface area contributed by atoms with Crippen molar-refractivity contribution in [3.05, 3.63) is 42.2 Å². The van der Waals surface area contributed by atoms with Gasteiger partial charge >= 0.3 is 6.95 Å². The summed E-state index contributed by atoms with van der Waals surface area (Å²) in [5.41, 5.74) is 0.868. The highest BCUT2D eigenvalue weighted by Crippen LogP contribution is 2.47. The van der Waals surface area contributed by atoms with E-state index in [1.54, 1.807) is 6.08 Å². The lowest BCUT2D eigenvalue weighted by Gasteiger charge is -1.98. The third kappa shape index (κ3) is 4.73. The minimum absolute atomic E-state index is 0.868. The molecule has 0 spiro atoms.